The quantitative estimate of drug-likeness (QED) is 0.194. The molecule has 3 fully saturated rings. The van der Waals surface area contributed by atoms with Crippen LogP contribution in [0.5, 0.6) is 0 Å². The minimum Gasteiger partial charge on any atom is -0.478 e. The summed E-state index contributed by atoms with van der Waals surface area (Å²) in [6, 6.07) is 0. The smallest absolute Gasteiger partial charge is 0.331 e. The van der Waals surface area contributed by atoms with Gasteiger partial charge in [-0.1, -0.05) is 48.1 Å². The maximum Gasteiger partial charge on any atom is 0.331 e. The molecule has 2 heterocycles. The predicted octanol–water partition coefficient (Wildman–Crippen LogP) is 4.29. The van der Waals surface area contributed by atoms with Crippen LogP contribution in [0.3, 0.4) is 0 Å². The summed E-state index contributed by atoms with van der Waals surface area (Å²) < 4.78 is 17.7. The molecule has 0 radical (unpaired) electrons. The number of carbonyl (C=O) groups is 2. The Labute approximate surface area is 183 Å². The van der Waals surface area contributed by atoms with Crippen LogP contribution < -0.4 is 0 Å². The number of esters is 1. The first-order chi connectivity index (χ1) is 14.7. The fraction of sp³-hybridized carbons (Fsp3) is 0.520. The van der Waals surface area contributed by atoms with Crippen molar-refractivity contribution >= 4 is 11.9 Å². The predicted molar refractivity (Wildman–Crippen MR) is 117 cm³/mol. The molecule has 31 heavy (non-hydrogen) atoms. The zero-order valence-electron chi connectivity index (χ0n) is 18.5. The van der Waals surface area contributed by atoms with E-state index in [1.54, 1.807) is 30.4 Å². The summed E-state index contributed by atoms with van der Waals surface area (Å²) in [5.74, 6) is -1.13. The van der Waals surface area contributed by atoms with Gasteiger partial charge in [0.1, 0.15) is 6.10 Å². The topological polar surface area (TPSA) is 88.7 Å². The van der Waals surface area contributed by atoms with Crippen LogP contribution in [0.2, 0.25) is 0 Å². The Morgan fingerprint density at radius 1 is 1.10 bits per heavy atom. The van der Waals surface area contributed by atoms with Crippen LogP contribution in [0.1, 0.15) is 46.5 Å². The monoisotopic (exact) mass is 428 g/mol. The molecule has 1 spiro atoms. The Kier molecular flexibility index (Phi) is 7.34. The van der Waals surface area contributed by atoms with E-state index in [0.717, 1.165) is 38.4 Å². The number of rotatable bonds is 9. The third-order valence-corrected chi connectivity index (χ3v) is 6.26. The lowest BCUT2D eigenvalue weighted by Gasteiger charge is -2.36. The normalized spacial score (nSPS) is 34.7. The summed E-state index contributed by atoms with van der Waals surface area (Å²) in [7, 11) is 0. The SMILES string of the molecule is CC(C)=CCC1OC1(C)C1CC(OC(=O)C=CC=CC=CC=CC(=O)O)CCC12CO2. The summed E-state index contributed by atoms with van der Waals surface area (Å²) >= 11 is 0. The van der Waals surface area contributed by atoms with Crippen LogP contribution in [0.4, 0.5) is 0 Å². The molecule has 6 heteroatoms. The summed E-state index contributed by atoms with van der Waals surface area (Å²) in [5.41, 5.74) is 0.976. The minimum atomic E-state index is -0.994. The number of hydrogen-bond donors (Lipinski definition) is 1. The summed E-state index contributed by atoms with van der Waals surface area (Å²) in [6.07, 6.45) is 17.8. The number of carboxylic acid groups (broad SMARTS) is 1. The standard InChI is InChI=1S/C25H32O6/c1-18(2)12-13-21-24(3,31-21)20-16-19(14-15-25(20)17-29-25)30-23(28)11-9-7-5-4-6-8-10-22(26)27/h4-12,19-21H,13-17H2,1-3H3,(H,26,27). The highest BCUT2D eigenvalue weighted by atomic mass is 16.6. The van der Waals surface area contributed by atoms with Gasteiger partial charge in [0.05, 0.1) is 23.9 Å². The highest BCUT2D eigenvalue weighted by molar-refractivity contribution is 5.82. The minimum absolute atomic E-state index is 0.0998. The van der Waals surface area contributed by atoms with Crippen molar-refractivity contribution in [2.24, 2.45) is 5.92 Å². The number of hydrogen-bond acceptors (Lipinski definition) is 5. The van der Waals surface area contributed by atoms with Gasteiger partial charge in [-0.3, -0.25) is 0 Å². The summed E-state index contributed by atoms with van der Waals surface area (Å²) in [6.45, 7) is 7.12. The number of carbonyl (C=O) groups excluding carboxylic acids is 1. The molecule has 168 valence electrons. The molecule has 1 saturated carbocycles. The lowest BCUT2D eigenvalue weighted by atomic mass is 9.70. The lowest BCUT2D eigenvalue weighted by Crippen LogP contribution is -2.44. The van der Waals surface area contributed by atoms with E-state index in [9.17, 15) is 9.59 Å². The second-order valence-corrected chi connectivity index (χ2v) is 8.87. The van der Waals surface area contributed by atoms with Gasteiger partial charge in [0.15, 0.2) is 0 Å². The van der Waals surface area contributed by atoms with Gasteiger partial charge in [0, 0.05) is 18.1 Å². The van der Waals surface area contributed by atoms with Crippen molar-refractivity contribution in [2.45, 2.75) is 69.9 Å². The summed E-state index contributed by atoms with van der Waals surface area (Å²) in [4.78, 5) is 22.5. The molecule has 3 aliphatic rings. The number of ether oxygens (including phenoxy) is 3. The Morgan fingerprint density at radius 3 is 2.35 bits per heavy atom. The van der Waals surface area contributed by atoms with Crippen LogP contribution in [0, 0.1) is 5.92 Å². The second kappa shape index (κ2) is 9.79. The number of carboxylic acids is 1. The summed E-state index contributed by atoms with van der Waals surface area (Å²) in [5, 5.41) is 8.49. The van der Waals surface area contributed by atoms with Crippen LogP contribution >= 0.6 is 0 Å². The van der Waals surface area contributed by atoms with E-state index in [4.69, 9.17) is 19.3 Å². The molecule has 0 amide bonds. The van der Waals surface area contributed by atoms with Crippen molar-refractivity contribution in [1.29, 1.82) is 0 Å². The van der Waals surface area contributed by atoms with Gasteiger partial charge in [-0.15, -0.1) is 0 Å². The van der Waals surface area contributed by atoms with Crippen LogP contribution in [-0.2, 0) is 23.8 Å². The molecular weight excluding hydrogens is 396 g/mol. The van der Waals surface area contributed by atoms with E-state index < -0.39 is 5.97 Å². The van der Waals surface area contributed by atoms with Crippen molar-refractivity contribution in [3.8, 4) is 0 Å². The average Bonchev–Trinajstić information content (AvgIpc) is 3.61. The number of allylic oxidation sites excluding steroid dienone is 7. The van der Waals surface area contributed by atoms with Crippen LogP contribution in [-0.4, -0.2) is 47.1 Å². The van der Waals surface area contributed by atoms with E-state index in [0.29, 0.717) is 0 Å². The average molecular weight is 429 g/mol. The maximum atomic E-state index is 12.2. The van der Waals surface area contributed by atoms with Crippen LogP contribution in [0.15, 0.2) is 60.3 Å². The van der Waals surface area contributed by atoms with Gasteiger partial charge in [0.25, 0.3) is 0 Å². The Morgan fingerprint density at radius 2 is 1.74 bits per heavy atom. The third kappa shape index (κ3) is 6.28. The molecule has 5 unspecified atom stereocenters. The van der Waals surface area contributed by atoms with Crippen molar-refractivity contribution in [1.82, 2.24) is 0 Å². The molecular formula is C25H32O6. The lowest BCUT2D eigenvalue weighted by molar-refractivity contribution is -0.147. The molecule has 0 aromatic carbocycles. The molecule has 0 aromatic heterocycles. The molecule has 1 aliphatic carbocycles. The highest BCUT2D eigenvalue weighted by Gasteiger charge is 2.68. The van der Waals surface area contributed by atoms with Gasteiger partial charge in [-0.25, -0.2) is 9.59 Å². The van der Waals surface area contributed by atoms with E-state index in [1.807, 2.05) is 0 Å². The fourth-order valence-electron chi connectivity index (χ4n) is 4.41. The van der Waals surface area contributed by atoms with Crippen molar-refractivity contribution in [2.75, 3.05) is 6.61 Å². The molecule has 5 atom stereocenters. The van der Waals surface area contributed by atoms with E-state index >= 15 is 0 Å². The van der Waals surface area contributed by atoms with Gasteiger partial charge in [-0.05, 0) is 46.5 Å². The van der Waals surface area contributed by atoms with Gasteiger partial charge in [-0.2, -0.15) is 0 Å². The molecule has 3 rings (SSSR count). The first kappa shape index (κ1) is 23.2. The van der Waals surface area contributed by atoms with Gasteiger partial charge < -0.3 is 19.3 Å². The molecule has 2 saturated heterocycles. The van der Waals surface area contributed by atoms with E-state index in [-0.39, 0.29) is 35.3 Å². The molecule has 2 aliphatic heterocycles. The van der Waals surface area contributed by atoms with Crippen molar-refractivity contribution < 1.29 is 28.9 Å². The molecule has 0 bridgehead atoms. The fourth-order valence-corrected chi connectivity index (χ4v) is 4.41. The van der Waals surface area contributed by atoms with E-state index in [2.05, 4.69) is 26.8 Å². The molecule has 0 aromatic rings. The zero-order valence-corrected chi connectivity index (χ0v) is 18.5. The zero-order chi connectivity index (χ0) is 22.5. The number of epoxide rings is 2. The second-order valence-electron chi connectivity index (χ2n) is 8.87. The van der Waals surface area contributed by atoms with Crippen LogP contribution in [0.25, 0.3) is 0 Å². The van der Waals surface area contributed by atoms with Gasteiger partial charge >= 0.3 is 11.9 Å². The first-order valence-electron chi connectivity index (χ1n) is 10.8. The molecule has 1 N–H and O–H groups in total. The number of aliphatic carboxylic acids is 1. The van der Waals surface area contributed by atoms with Gasteiger partial charge in [0.2, 0.25) is 0 Å². The Bertz CT molecular complexity index is 825. The Hall–Kier alpha value is -2.44. The Balaban J connectivity index is 1.48. The first-order valence-corrected chi connectivity index (χ1v) is 10.8. The largest absolute Gasteiger partial charge is 0.478 e. The molecule has 6 nitrogen and oxygen atoms in total. The van der Waals surface area contributed by atoms with E-state index in [1.165, 1.54) is 17.7 Å². The third-order valence-electron chi connectivity index (χ3n) is 6.26. The van der Waals surface area contributed by atoms with Crippen molar-refractivity contribution in [3.63, 3.8) is 0 Å². The van der Waals surface area contributed by atoms with Crippen molar-refractivity contribution in [3.05, 3.63) is 60.3 Å². The maximum absolute atomic E-state index is 12.2. The highest BCUT2D eigenvalue weighted by Crippen LogP contribution is 2.59.